The Morgan fingerprint density at radius 1 is 1.27 bits per heavy atom. The third-order valence-corrected chi connectivity index (χ3v) is 3.21. The normalized spacial score (nSPS) is 11.4. The fraction of sp³-hybridized carbons (Fsp3) is 0.412. The van der Waals surface area contributed by atoms with Crippen LogP contribution in [0.2, 0.25) is 0 Å². The van der Waals surface area contributed by atoms with Crippen molar-refractivity contribution in [2.24, 2.45) is 0 Å². The zero-order valence-electron chi connectivity index (χ0n) is 11.7. The Hall–Kier alpha value is -2.14. The maximum absolute atomic E-state index is 11.2. The molecule has 0 saturated carbocycles. The number of aliphatic carboxylic acids is 1. The van der Waals surface area contributed by atoms with Crippen molar-refractivity contribution >= 4 is 5.97 Å². The zero-order valence-corrected chi connectivity index (χ0v) is 11.7. The summed E-state index contributed by atoms with van der Waals surface area (Å²) in [5.74, 6) is -0.826. The summed E-state index contributed by atoms with van der Waals surface area (Å²) in [5, 5.41) is 9.17. The minimum absolute atomic E-state index is 0. The summed E-state index contributed by atoms with van der Waals surface area (Å²) in [6, 6.07) is 9.55. The lowest BCUT2D eigenvalue weighted by molar-refractivity contribution is -0.142. The predicted octanol–water partition coefficient (Wildman–Crippen LogP) is 2.76. The van der Waals surface area contributed by atoms with Gasteiger partial charge >= 0.3 is 5.97 Å². The van der Waals surface area contributed by atoms with Crippen LogP contribution >= 0.6 is 0 Å². The van der Waals surface area contributed by atoms with Gasteiger partial charge in [-0.2, -0.15) is 0 Å². The van der Waals surface area contributed by atoms with E-state index in [4.69, 9.17) is 0 Å². The van der Waals surface area contributed by atoms with Gasteiger partial charge in [0.2, 0.25) is 0 Å². The molecule has 0 radical (unpaired) electrons. The number of aromatic nitrogens is 2. The van der Waals surface area contributed by atoms with Gasteiger partial charge < -0.3 is 9.67 Å². The standard InChI is InChI=1S/C15H19N3O2.2CH4/c1-17(2)14(15(19)20)8-13-10-18(11-16-13)9-12-6-4-3-5-7-12;;/h3-7,10-11,14H,8-9H2,1-2H3,(H,19,20);2*1H4. The topological polar surface area (TPSA) is 58.4 Å². The Morgan fingerprint density at radius 2 is 1.91 bits per heavy atom. The Bertz CT molecular complexity index is 564. The summed E-state index contributed by atoms with van der Waals surface area (Å²) in [6.07, 6.45) is 4.06. The first kappa shape index (κ1) is 19.9. The number of benzene rings is 1. The van der Waals surface area contributed by atoms with E-state index in [0.29, 0.717) is 6.42 Å². The van der Waals surface area contributed by atoms with E-state index in [2.05, 4.69) is 17.1 Å². The molecule has 0 aliphatic heterocycles. The second-order valence-corrected chi connectivity index (χ2v) is 5.04. The minimum Gasteiger partial charge on any atom is -0.480 e. The smallest absolute Gasteiger partial charge is 0.321 e. The molecule has 0 saturated heterocycles. The number of hydrogen-bond donors (Lipinski definition) is 1. The lowest BCUT2D eigenvalue weighted by Crippen LogP contribution is -2.37. The summed E-state index contributed by atoms with van der Waals surface area (Å²) in [6.45, 7) is 0.744. The molecule has 1 aromatic carbocycles. The molecule has 1 atom stereocenters. The highest BCUT2D eigenvalue weighted by molar-refractivity contribution is 5.73. The number of nitrogens with zero attached hydrogens (tertiary/aromatic N) is 3. The molecule has 0 bridgehead atoms. The van der Waals surface area contributed by atoms with Crippen LogP contribution in [0.4, 0.5) is 0 Å². The predicted molar refractivity (Wildman–Crippen MR) is 90.0 cm³/mol. The maximum Gasteiger partial charge on any atom is 0.321 e. The van der Waals surface area contributed by atoms with Crippen LogP contribution in [0.3, 0.4) is 0 Å². The SMILES string of the molecule is C.C.CN(C)C(Cc1cn(Cc2ccccc2)cn1)C(=O)O. The largest absolute Gasteiger partial charge is 0.480 e. The van der Waals surface area contributed by atoms with Gasteiger partial charge in [0.05, 0.1) is 12.0 Å². The molecule has 5 heteroatoms. The van der Waals surface area contributed by atoms with Crippen molar-refractivity contribution in [3.63, 3.8) is 0 Å². The first-order valence-electron chi connectivity index (χ1n) is 6.50. The molecule has 0 fully saturated rings. The molecule has 0 aliphatic carbocycles. The molecule has 5 nitrogen and oxygen atoms in total. The van der Waals surface area contributed by atoms with Crippen molar-refractivity contribution < 1.29 is 9.90 Å². The molecule has 0 amide bonds. The summed E-state index contributed by atoms with van der Waals surface area (Å²) in [4.78, 5) is 17.1. The number of likely N-dealkylation sites (N-methyl/N-ethyl adjacent to an activating group) is 1. The van der Waals surface area contributed by atoms with Gasteiger partial charge in [0.15, 0.2) is 0 Å². The molecule has 2 rings (SSSR count). The summed E-state index contributed by atoms with van der Waals surface area (Å²) in [7, 11) is 3.53. The Kier molecular flexibility index (Phi) is 8.12. The molecular weight excluding hydrogens is 278 g/mol. The third kappa shape index (κ3) is 5.33. The van der Waals surface area contributed by atoms with E-state index >= 15 is 0 Å². The fourth-order valence-electron chi connectivity index (χ4n) is 2.08. The van der Waals surface area contributed by atoms with Gasteiger partial charge in [0.25, 0.3) is 0 Å². The van der Waals surface area contributed by atoms with Crippen LogP contribution in [0.1, 0.15) is 26.1 Å². The van der Waals surface area contributed by atoms with Crippen molar-refractivity contribution in [2.75, 3.05) is 14.1 Å². The van der Waals surface area contributed by atoms with Crippen LogP contribution < -0.4 is 0 Å². The highest BCUT2D eigenvalue weighted by Gasteiger charge is 2.21. The maximum atomic E-state index is 11.2. The average Bonchev–Trinajstić information content (AvgIpc) is 2.84. The highest BCUT2D eigenvalue weighted by Crippen LogP contribution is 2.08. The lowest BCUT2D eigenvalue weighted by atomic mass is 10.1. The molecular formula is C17H27N3O2. The van der Waals surface area contributed by atoms with Crippen LogP contribution in [-0.2, 0) is 17.8 Å². The Balaban J connectivity index is 0.00000220. The van der Waals surface area contributed by atoms with Gasteiger partial charge in [0.1, 0.15) is 6.04 Å². The summed E-state index contributed by atoms with van der Waals surface area (Å²) in [5.41, 5.74) is 1.99. The number of rotatable bonds is 6. The van der Waals surface area contributed by atoms with Gasteiger partial charge in [-0.3, -0.25) is 9.69 Å². The number of hydrogen-bond acceptors (Lipinski definition) is 3. The summed E-state index contributed by atoms with van der Waals surface area (Å²) >= 11 is 0. The van der Waals surface area contributed by atoms with E-state index in [0.717, 1.165) is 12.2 Å². The molecule has 1 N–H and O–H groups in total. The Labute approximate surface area is 133 Å². The van der Waals surface area contributed by atoms with Crippen molar-refractivity contribution in [1.82, 2.24) is 14.5 Å². The fourth-order valence-corrected chi connectivity index (χ4v) is 2.08. The molecule has 2 aromatic rings. The van der Waals surface area contributed by atoms with E-state index in [9.17, 15) is 9.90 Å². The molecule has 122 valence electrons. The van der Waals surface area contributed by atoms with Gasteiger partial charge in [0, 0.05) is 19.2 Å². The molecule has 22 heavy (non-hydrogen) atoms. The van der Waals surface area contributed by atoms with Crippen molar-refractivity contribution in [1.29, 1.82) is 0 Å². The molecule has 1 unspecified atom stereocenters. The van der Waals surface area contributed by atoms with Gasteiger partial charge in [-0.25, -0.2) is 4.98 Å². The second-order valence-electron chi connectivity index (χ2n) is 5.04. The van der Waals surface area contributed by atoms with Crippen molar-refractivity contribution in [2.45, 2.75) is 33.9 Å². The van der Waals surface area contributed by atoms with E-state index in [1.54, 1.807) is 25.3 Å². The average molecular weight is 305 g/mol. The zero-order chi connectivity index (χ0) is 14.5. The van der Waals surface area contributed by atoms with Crippen LogP contribution in [-0.4, -0.2) is 45.7 Å². The van der Waals surface area contributed by atoms with Crippen molar-refractivity contribution in [3.8, 4) is 0 Å². The molecule has 1 aromatic heterocycles. The number of carbonyl (C=O) groups is 1. The molecule has 0 aliphatic rings. The number of imidazole rings is 1. The number of carboxylic acids is 1. The molecule has 1 heterocycles. The van der Waals surface area contributed by atoms with Gasteiger partial charge in [-0.15, -0.1) is 0 Å². The van der Waals surface area contributed by atoms with Gasteiger partial charge in [-0.05, 0) is 19.7 Å². The first-order chi connectivity index (χ1) is 9.56. The lowest BCUT2D eigenvalue weighted by Gasteiger charge is -2.18. The quantitative estimate of drug-likeness (QED) is 0.891. The minimum atomic E-state index is -0.826. The van der Waals surface area contributed by atoms with Crippen molar-refractivity contribution in [3.05, 3.63) is 54.1 Å². The van der Waals surface area contributed by atoms with E-state index in [-0.39, 0.29) is 14.9 Å². The summed E-state index contributed by atoms with van der Waals surface area (Å²) < 4.78 is 1.97. The molecule has 0 spiro atoms. The van der Waals surface area contributed by atoms with E-state index < -0.39 is 12.0 Å². The monoisotopic (exact) mass is 305 g/mol. The van der Waals surface area contributed by atoms with Crippen LogP contribution in [0.15, 0.2) is 42.9 Å². The van der Waals surface area contributed by atoms with E-state index in [1.165, 1.54) is 5.56 Å². The number of carboxylic acid groups (broad SMARTS) is 1. The first-order valence-corrected chi connectivity index (χ1v) is 6.50. The van der Waals surface area contributed by atoms with Crippen LogP contribution in [0.25, 0.3) is 0 Å². The van der Waals surface area contributed by atoms with Crippen LogP contribution in [0, 0.1) is 0 Å². The second kappa shape index (κ2) is 9.00. The van der Waals surface area contributed by atoms with E-state index in [1.807, 2.05) is 29.0 Å². The van der Waals surface area contributed by atoms with Gasteiger partial charge in [-0.1, -0.05) is 45.2 Å². The Morgan fingerprint density at radius 3 is 2.45 bits per heavy atom. The van der Waals surface area contributed by atoms with Crippen LogP contribution in [0.5, 0.6) is 0 Å². The third-order valence-electron chi connectivity index (χ3n) is 3.21. The highest BCUT2D eigenvalue weighted by atomic mass is 16.4.